The zero-order valence-corrected chi connectivity index (χ0v) is 12.4. The summed E-state index contributed by atoms with van der Waals surface area (Å²) in [6.07, 6.45) is 4.51. The monoisotopic (exact) mass is 307 g/mol. The van der Waals surface area contributed by atoms with E-state index in [-0.39, 0.29) is 18.2 Å². The number of carbonyl (C=O) groups is 3. The molecule has 3 rings (SSSR count). The Morgan fingerprint density at radius 2 is 2.00 bits per heavy atom. The fraction of sp³-hybridized carbons (Fsp3) is 0.533. The summed E-state index contributed by atoms with van der Waals surface area (Å²) in [5, 5.41) is 11.2. The molecule has 2 heterocycles. The van der Waals surface area contributed by atoms with Crippen molar-refractivity contribution < 1.29 is 19.5 Å². The van der Waals surface area contributed by atoms with E-state index in [9.17, 15) is 19.5 Å². The predicted octanol–water partition coefficient (Wildman–Crippen LogP) is 2.58. The van der Waals surface area contributed by atoms with E-state index in [1.165, 1.54) is 11.3 Å². The zero-order valence-electron chi connectivity index (χ0n) is 11.6. The Bertz CT molecular complexity index is 575. The van der Waals surface area contributed by atoms with Crippen molar-refractivity contribution in [2.24, 2.45) is 5.41 Å². The Hall–Kier alpha value is -1.69. The van der Waals surface area contributed by atoms with Crippen LogP contribution >= 0.6 is 11.3 Å². The van der Waals surface area contributed by atoms with Gasteiger partial charge >= 0.3 is 5.97 Å². The van der Waals surface area contributed by atoms with Gasteiger partial charge in [0.2, 0.25) is 11.8 Å². The molecular formula is C15H17NO4S. The first-order valence-electron chi connectivity index (χ1n) is 7.18. The van der Waals surface area contributed by atoms with Gasteiger partial charge in [0.1, 0.15) is 0 Å². The molecule has 1 aromatic rings. The average molecular weight is 307 g/mol. The highest BCUT2D eigenvalue weighted by atomic mass is 32.1. The van der Waals surface area contributed by atoms with Crippen molar-refractivity contribution in [3.63, 3.8) is 0 Å². The number of likely N-dealkylation sites (tertiary alicyclic amines) is 1. The maximum absolute atomic E-state index is 12.8. The van der Waals surface area contributed by atoms with E-state index in [4.69, 9.17) is 0 Å². The highest BCUT2D eigenvalue weighted by Crippen LogP contribution is 2.47. The van der Waals surface area contributed by atoms with Crippen molar-refractivity contribution in [3.05, 3.63) is 22.4 Å². The van der Waals surface area contributed by atoms with E-state index in [1.54, 1.807) is 17.5 Å². The lowest BCUT2D eigenvalue weighted by Crippen LogP contribution is -2.41. The van der Waals surface area contributed by atoms with Gasteiger partial charge in [-0.25, -0.2) is 4.79 Å². The predicted molar refractivity (Wildman–Crippen MR) is 76.7 cm³/mol. The lowest BCUT2D eigenvalue weighted by Gasteiger charge is -2.31. The average Bonchev–Trinajstić information content (AvgIpc) is 3.04. The number of aliphatic carboxylic acids is 1. The highest BCUT2D eigenvalue weighted by Gasteiger charge is 2.55. The van der Waals surface area contributed by atoms with E-state index in [0.717, 1.165) is 24.2 Å². The van der Waals surface area contributed by atoms with E-state index in [0.29, 0.717) is 17.7 Å². The SMILES string of the molecule is O=C(O)C(c1cccs1)N1C(=O)CC2(CCCCC2)C1=O. The number of carboxylic acids is 1. The van der Waals surface area contributed by atoms with Gasteiger partial charge in [-0.2, -0.15) is 0 Å². The quantitative estimate of drug-likeness (QED) is 0.871. The van der Waals surface area contributed by atoms with Crippen LogP contribution in [0, 0.1) is 5.41 Å². The summed E-state index contributed by atoms with van der Waals surface area (Å²) in [5.74, 6) is -1.78. The lowest BCUT2D eigenvalue weighted by atomic mass is 9.73. The van der Waals surface area contributed by atoms with Crippen molar-refractivity contribution in [1.82, 2.24) is 4.90 Å². The fourth-order valence-corrected chi connectivity index (χ4v) is 4.31. The molecule has 2 fully saturated rings. The van der Waals surface area contributed by atoms with Crippen LogP contribution in [0.3, 0.4) is 0 Å². The summed E-state index contributed by atoms with van der Waals surface area (Å²) in [4.78, 5) is 38.3. The first-order chi connectivity index (χ1) is 10.1. The summed E-state index contributed by atoms with van der Waals surface area (Å²) in [6, 6.07) is 2.22. The summed E-state index contributed by atoms with van der Waals surface area (Å²) in [5.41, 5.74) is -0.639. The van der Waals surface area contributed by atoms with Crippen molar-refractivity contribution in [2.45, 2.75) is 44.6 Å². The van der Waals surface area contributed by atoms with Gasteiger partial charge in [-0.1, -0.05) is 25.3 Å². The molecule has 1 saturated carbocycles. The Morgan fingerprint density at radius 1 is 1.29 bits per heavy atom. The summed E-state index contributed by atoms with van der Waals surface area (Å²) < 4.78 is 0. The van der Waals surface area contributed by atoms with Gasteiger partial charge in [-0.3, -0.25) is 14.5 Å². The Balaban J connectivity index is 1.95. The lowest BCUT2D eigenvalue weighted by molar-refractivity contribution is -0.156. The standard InChI is InChI=1S/C15H17NO4S/c17-11-9-15(6-2-1-3-7-15)14(20)16(11)12(13(18)19)10-5-4-8-21-10/h4-5,8,12H,1-3,6-7,9H2,(H,18,19). The van der Waals surface area contributed by atoms with Gasteiger partial charge in [0, 0.05) is 11.3 Å². The third-order valence-corrected chi connectivity index (χ3v) is 5.47. The number of nitrogens with zero attached hydrogens (tertiary/aromatic N) is 1. The van der Waals surface area contributed by atoms with Crippen LogP contribution in [0.5, 0.6) is 0 Å². The molecule has 112 valence electrons. The molecule has 6 heteroatoms. The second kappa shape index (κ2) is 5.26. The molecule has 1 N–H and O–H groups in total. The molecule has 1 unspecified atom stereocenters. The van der Waals surface area contributed by atoms with Crippen LogP contribution in [0.15, 0.2) is 17.5 Å². The van der Waals surface area contributed by atoms with Crippen molar-refractivity contribution in [2.75, 3.05) is 0 Å². The van der Waals surface area contributed by atoms with Crippen LogP contribution in [-0.2, 0) is 14.4 Å². The van der Waals surface area contributed by atoms with Crippen molar-refractivity contribution >= 4 is 29.1 Å². The highest BCUT2D eigenvalue weighted by molar-refractivity contribution is 7.10. The van der Waals surface area contributed by atoms with Crippen LogP contribution in [-0.4, -0.2) is 27.8 Å². The number of amides is 2. The molecule has 2 aliphatic rings. The Morgan fingerprint density at radius 3 is 2.57 bits per heavy atom. The number of thiophene rings is 1. The van der Waals surface area contributed by atoms with Gasteiger partial charge in [0.05, 0.1) is 5.41 Å². The second-order valence-electron chi connectivity index (χ2n) is 5.84. The molecular weight excluding hydrogens is 290 g/mol. The molecule has 2 amide bonds. The first kappa shape index (κ1) is 14.3. The number of carbonyl (C=O) groups excluding carboxylic acids is 2. The largest absolute Gasteiger partial charge is 0.479 e. The smallest absolute Gasteiger partial charge is 0.332 e. The van der Waals surface area contributed by atoms with Crippen LogP contribution < -0.4 is 0 Å². The van der Waals surface area contributed by atoms with Crippen molar-refractivity contribution in [1.29, 1.82) is 0 Å². The molecule has 1 aromatic heterocycles. The minimum absolute atomic E-state index is 0.168. The normalized spacial score (nSPS) is 22.8. The van der Waals surface area contributed by atoms with E-state index < -0.39 is 17.4 Å². The molecule has 1 aliphatic heterocycles. The minimum atomic E-state index is -1.17. The molecule has 21 heavy (non-hydrogen) atoms. The van der Waals surface area contributed by atoms with Crippen LogP contribution in [0.2, 0.25) is 0 Å². The number of rotatable bonds is 3. The number of carboxylic acid groups (broad SMARTS) is 1. The third-order valence-electron chi connectivity index (χ3n) is 4.55. The van der Waals surface area contributed by atoms with Crippen LogP contribution in [0.1, 0.15) is 49.4 Å². The van der Waals surface area contributed by atoms with E-state index in [1.807, 2.05) is 0 Å². The minimum Gasteiger partial charge on any atom is -0.479 e. The van der Waals surface area contributed by atoms with Gasteiger partial charge in [0.25, 0.3) is 0 Å². The molecule has 0 radical (unpaired) electrons. The summed E-state index contributed by atoms with van der Waals surface area (Å²) in [6.45, 7) is 0. The van der Waals surface area contributed by atoms with E-state index in [2.05, 4.69) is 0 Å². The molecule has 0 aromatic carbocycles. The fourth-order valence-electron chi connectivity index (χ4n) is 3.51. The zero-order chi connectivity index (χ0) is 15.0. The summed E-state index contributed by atoms with van der Waals surface area (Å²) >= 11 is 1.26. The van der Waals surface area contributed by atoms with E-state index >= 15 is 0 Å². The van der Waals surface area contributed by atoms with Gasteiger partial charge in [-0.15, -0.1) is 11.3 Å². The molecule has 1 spiro atoms. The van der Waals surface area contributed by atoms with Gasteiger partial charge in [0.15, 0.2) is 6.04 Å². The van der Waals surface area contributed by atoms with Gasteiger partial charge in [-0.05, 0) is 24.3 Å². The van der Waals surface area contributed by atoms with Gasteiger partial charge < -0.3 is 5.11 Å². The molecule has 1 aliphatic carbocycles. The maximum Gasteiger partial charge on any atom is 0.332 e. The number of hydrogen-bond donors (Lipinski definition) is 1. The number of imide groups is 1. The first-order valence-corrected chi connectivity index (χ1v) is 8.06. The van der Waals surface area contributed by atoms with Crippen molar-refractivity contribution in [3.8, 4) is 0 Å². The van der Waals surface area contributed by atoms with Crippen LogP contribution in [0.4, 0.5) is 0 Å². The Kier molecular flexibility index (Phi) is 3.57. The summed E-state index contributed by atoms with van der Waals surface area (Å²) in [7, 11) is 0. The molecule has 0 bridgehead atoms. The third kappa shape index (κ3) is 2.27. The molecule has 1 saturated heterocycles. The maximum atomic E-state index is 12.8. The molecule has 5 nitrogen and oxygen atoms in total. The second-order valence-corrected chi connectivity index (χ2v) is 6.82. The Labute approximate surface area is 126 Å². The van der Waals surface area contributed by atoms with Crippen LogP contribution in [0.25, 0.3) is 0 Å². The molecule has 1 atom stereocenters. The number of hydrogen-bond acceptors (Lipinski definition) is 4. The topological polar surface area (TPSA) is 74.7 Å².